The maximum Gasteiger partial charge on any atom is 0.219 e. The highest BCUT2D eigenvalue weighted by molar-refractivity contribution is 7.73. The second-order valence-corrected chi connectivity index (χ2v) is 5.77. The van der Waals surface area contributed by atoms with Gasteiger partial charge in [0.05, 0.1) is 6.42 Å². The summed E-state index contributed by atoms with van der Waals surface area (Å²) in [7, 11) is -2.93. The van der Waals surface area contributed by atoms with E-state index < -0.39 is 21.4 Å². The number of thiol groups is 1. The largest absolute Gasteiger partial charge is 0.370 e. The number of amides is 1. The Kier molecular flexibility index (Phi) is 4.20. The zero-order valence-corrected chi connectivity index (χ0v) is 11.6. The second kappa shape index (κ2) is 5.88. The van der Waals surface area contributed by atoms with Gasteiger partial charge in [0.2, 0.25) is 5.91 Å². The maximum absolute atomic E-state index is 12.0. The highest BCUT2D eigenvalue weighted by atomic mass is 32.2. The minimum absolute atomic E-state index is 0.278. The van der Waals surface area contributed by atoms with Crippen molar-refractivity contribution in [2.45, 2.75) is 11.2 Å². The lowest BCUT2D eigenvalue weighted by atomic mass is 9.87. The zero-order chi connectivity index (χ0) is 14.6. The smallest absolute Gasteiger partial charge is 0.219 e. The Morgan fingerprint density at radius 2 is 1.30 bits per heavy atom. The molecule has 0 fully saturated rings. The van der Waals surface area contributed by atoms with Crippen LogP contribution in [-0.4, -0.2) is 14.3 Å². The summed E-state index contributed by atoms with van der Waals surface area (Å²) < 4.78 is 22.6. The number of primary amides is 1. The third-order valence-electron chi connectivity index (χ3n) is 3.24. The van der Waals surface area contributed by atoms with Gasteiger partial charge in [0.15, 0.2) is 10.7 Å². The number of nitrogens with two attached hydrogens (primary N) is 1. The van der Waals surface area contributed by atoms with Crippen molar-refractivity contribution in [1.29, 1.82) is 0 Å². The van der Waals surface area contributed by atoms with E-state index >= 15 is 0 Å². The first-order valence-corrected chi connectivity index (χ1v) is 7.29. The molecule has 0 heterocycles. The Balaban J connectivity index is 2.73. The van der Waals surface area contributed by atoms with E-state index in [1.54, 1.807) is 60.7 Å². The van der Waals surface area contributed by atoms with Crippen molar-refractivity contribution in [3.8, 4) is 0 Å². The molecule has 104 valence electrons. The lowest BCUT2D eigenvalue weighted by Crippen LogP contribution is -2.34. The Hall–Kier alpha value is -2.14. The molecule has 0 bridgehead atoms. The van der Waals surface area contributed by atoms with E-state index in [1.807, 2.05) is 0 Å². The molecule has 0 radical (unpaired) electrons. The van der Waals surface area contributed by atoms with Gasteiger partial charge in [-0.15, -0.1) is 0 Å². The summed E-state index contributed by atoms with van der Waals surface area (Å²) in [6.07, 6.45) is -0.278. The fourth-order valence-corrected chi connectivity index (χ4v) is 3.33. The van der Waals surface area contributed by atoms with Gasteiger partial charge in [0.25, 0.3) is 0 Å². The van der Waals surface area contributed by atoms with Crippen LogP contribution in [0.3, 0.4) is 0 Å². The Morgan fingerprint density at radius 1 is 0.900 bits per heavy atom. The molecule has 0 aliphatic carbocycles. The first-order valence-electron chi connectivity index (χ1n) is 6.11. The van der Waals surface area contributed by atoms with Gasteiger partial charge in [-0.25, -0.2) is 8.42 Å². The molecule has 2 rings (SSSR count). The van der Waals surface area contributed by atoms with E-state index in [2.05, 4.69) is 0 Å². The first kappa shape index (κ1) is 14.3. The Bertz CT molecular complexity index is 619. The molecule has 0 atom stereocenters. The average molecular weight is 289 g/mol. The van der Waals surface area contributed by atoms with Gasteiger partial charge in [0.1, 0.15) is 4.75 Å². The van der Waals surface area contributed by atoms with Gasteiger partial charge < -0.3 is 5.73 Å². The molecule has 0 aliphatic rings. The molecular formula is C15H15NO3S. The SMILES string of the molecule is NC(=O)CC(c1ccccc1)(c1ccccc1)[SH](=O)=O. The normalized spacial score (nSPS) is 11.4. The van der Waals surface area contributed by atoms with Crippen LogP contribution >= 0.6 is 0 Å². The fourth-order valence-electron chi connectivity index (χ4n) is 2.33. The van der Waals surface area contributed by atoms with Crippen molar-refractivity contribution in [1.82, 2.24) is 0 Å². The van der Waals surface area contributed by atoms with Crippen molar-refractivity contribution in [2.75, 3.05) is 0 Å². The van der Waals surface area contributed by atoms with Gasteiger partial charge in [-0.2, -0.15) is 0 Å². The van der Waals surface area contributed by atoms with Gasteiger partial charge >= 0.3 is 0 Å². The molecule has 0 aliphatic heterocycles. The van der Waals surface area contributed by atoms with Crippen LogP contribution in [0.1, 0.15) is 17.5 Å². The average Bonchev–Trinajstić information content (AvgIpc) is 2.46. The topological polar surface area (TPSA) is 77.2 Å². The molecule has 0 saturated carbocycles. The lowest BCUT2D eigenvalue weighted by molar-refractivity contribution is -0.118. The molecule has 2 aromatic carbocycles. The van der Waals surface area contributed by atoms with Gasteiger partial charge in [0, 0.05) is 0 Å². The minimum atomic E-state index is -2.93. The quantitative estimate of drug-likeness (QED) is 0.817. The summed E-state index contributed by atoms with van der Waals surface area (Å²) in [6.45, 7) is 0. The van der Waals surface area contributed by atoms with Crippen molar-refractivity contribution >= 4 is 16.6 Å². The van der Waals surface area contributed by atoms with E-state index in [0.717, 1.165) is 0 Å². The summed E-state index contributed by atoms with van der Waals surface area (Å²) in [5.74, 6) is -0.656. The summed E-state index contributed by atoms with van der Waals surface area (Å²) in [5, 5.41) is 0. The monoisotopic (exact) mass is 289 g/mol. The van der Waals surface area contributed by atoms with Crippen LogP contribution in [0.25, 0.3) is 0 Å². The fraction of sp³-hybridized carbons (Fsp3) is 0.133. The van der Waals surface area contributed by atoms with Crippen LogP contribution in [0.5, 0.6) is 0 Å². The third kappa shape index (κ3) is 2.58. The molecule has 20 heavy (non-hydrogen) atoms. The minimum Gasteiger partial charge on any atom is -0.370 e. The van der Waals surface area contributed by atoms with Crippen LogP contribution in [0.2, 0.25) is 0 Å². The number of hydrogen-bond acceptors (Lipinski definition) is 3. The summed E-state index contributed by atoms with van der Waals surface area (Å²) in [4.78, 5) is 11.4. The van der Waals surface area contributed by atoms with E-state index in [9.17, 15) is 13.2 Å². The second-order valence-electron chi connectivity index (χ2n) is 4.49. The van der Waals surface area contributed by atoms with Gasteiger partial charge in [-0.1, -0.05) is 60.7 Å². The number of carbonyl (C=O) groups excluding carboxylic acids is 1. The zero-order valence-electron chi connectivity index (χ0n) is 10.7. The summed E-state index contributed by atoms with van der Waals surface area (Å²) in [6, 6.07) is 17.3. The molecule has 5 heteroatoms. The van der Waals surface area contributed by atoms with Crippen molar-refractivity contribution in [3.05, 3.63) is 71.8 Å². The van der Waals surface area contributed by atoms with Crippen LogP contribution in [0.4, 0.5) is 0 Å². The predicted molar refractivity (Wildman–Crippen MR) is 77.8 cm³/mol. The van der Waals surface area contributed by atoms with E-state index in [4.69, 9.17) is 5.73 Å². The highest BCUT2D eigenvalue weighted by Gasteiger charge is 2.39. The molecule has 0 unspecified atom stereocenters. The summed E-state index contributed by atoms with van der Waals surface area (Å²) >= 11 is 0. The molecule has 0 saturated heterocycles. The predicted octanol–water partition coefficient (Wildman–Crippen LogP) is 1.42. The Morgan fingerprint density at radius 3 is 1.60 bits per heavy atom. The molecule has 4 nitrogen and oxygen atoms in total. The molecule has 2 N–H and O–H groups in total. The van der Waals surface area contributed by atoms with E-state index in [-0.39, 0.29) is 6.42 Å². The van der Waals surface area contributed by atoms with Crippen molar-refractivity contribution < 1.29 is 13.2 Å². The van der Waals surface area contributed by atoms with Crippen LogP contribution in [0.15, 0.2) is 60.7 Å². The van der Waals surface area contributed by atoms with Crippen molar-refractivity contribution in [2.24, 2.45) is 5.73 Å². The summed E-state index contributed by atoms with van der Waals surface area (Å²) in [5.41, 5.74) is 6.37. The van der Waals surface area contributed by atoms with E-state index in [0.29, 0.717) is 11.1 Å². The molecule has 1 amide bonds. The number of carbonyl (C=O) groups is 1. The van der Waals surface area contributed by atoms with Crippen LogP contribution < -0.4 is 5.73 Å². The number of benzene rings is 2. The van der Waals surface area contributed by atoms with Crippen LogP contribution in [0, 0.1) is 0 Å². The lowest BCUT2D eigenvalue weighted by Gasteiger charge is -2.28. The standard InChI is InChI=1S/C15H15NO3S/c16-14(17)11-15(20(18)19,12-7-3-1-4-8-12)13-9-5-2-6-10-13/h1-10,20H,11H2,(H2,16,17). The molecular weight excluding hydrogens is 274 g/mol. The highest BCUT2D eigenvalue weighted by Crippen LogP contribution is 2.36. The molecule has 2 aromatic rings. The Labute approximate surface area is 119 Å². The third-order valence-corrected chi connectivity index (χ3v) is 4.54. The molecule has 0 spiro atoms. The number of rotatable bonds is 5. The van der Waals surface area contributed by atoms with Gasteiger partial charge in [-0.3, -0.25) is 4.79 Å². The first-order chi connectivity index (χ1) is 9.57. The molecule has 0 aromatic heterocycles. The van der Waals surface area contributed by atoms with Crippen molar-refractivity contribution in [3.63, 3.8) is 0 Å². The number of hydrogen-bond donors (Lipinski definition) is 2. The van der Waals surface area contributed by atoms with Gasteiger partial charge in [-0.05, 0) is 11.1 Å². The van der Waals surface area contributed by atoms with Crippen LogP contribution in [-0.2, 0) is 20.2 Å². The maximum atomic E-state index is 12.0. The van der Waals surface area contributed by atoms with E-state index in [1.165, 1.54) is 0 Å².